The van der Waals surface area contributed by atoms with Crippen molar-refractivity contribution >= 4 is 35.8 Å². The molecule has 0 radical (unpaired) electrons. The second kappa shape index (κ2) is 14.6. The van der Waals surface area contributed by atoms with Gasteiger partial charge in [-0.05, 0) is 42.5 Å². The number of hydrogen-bond donors (Lipinski definition) is 2. The highest BCUT2D eigenvalue weighted by Gasteiger charge is 2.12. The van der Waals surface area contributed by atoms with Crippen LogP contribution in [0.3, 0.4) is 0 Å². The van der Waals surface area contributed by atoms with E-state index >= 15 is 0 Å². The van der Waals surface area contributed by atoms with Gasteiger partial charge in [-0.25, -0.2) is 4.99 Å². The summed E-state index contributed by atoms with van der Waals surface area (Å²) >= 11 is 0. The summed E-state index contributed by atoms with van der Waals surface area (Å²) in [6, 6.07) is 16.2. The van der Waals surface area contributed by atoms with E-state index in [4.69, 9.17) is 9.47 Å². The molecular formula is C25H37IN4O3. The highest BCUT2D eigenvalue weighted by Crippen LogP contribution is 2.28. The average Bonchev–Trinajstić information content (AvgIpc) is 2.80. The van der Waals surface area contributed by atoms with Gasteiger partial charge in [-0.1, -0.05) is 43.3 Å². The van der Waals surface area contributed by atoms with Crippen LogP contribution in [0.25, 0.3) is 0 Å². The van der Waals surface area contributed by atoms with Crippen LogP contribution in [0.15, 0.2) is 53.5 Å². The molecule has 0 fully saturated rings. The molecular weight excluding hydrogens is 531 g/mol. The molecule has 0 heterocycles. The molecule has 0 aliphatic rings. The topological polar surface area (TPSA) is 75.2 Å². The number of likely N-dealkylation sites (N-methyl/N-ethyl adjacent to an activating group) is 1. The fraction of sp³-hybridized carbons (Fsp3) is 0.440. The van der Waals surface area contributed by atoms with Gasteiger partial charge in [0.05, 0.1) is 20.3 Å². The number of carbonyl (C=O) groups is 1. The third-order valence-electron chi connectivity index (χ3n) is 5.17. The fourth-order valence-corrected chi connectivity index (χ4v) is 3.22. The van der Waals surface area contributed by atoms with Crippen LogP contribution >= 0.6 is 24.0 Å². The number of halogens is 1. The Morgan fingerprint density at radius 3 is 2.30 bits per heavy atom. The maximum absolute atomic E-state index is 12.0. The van der Waals surface area contributed by atoms with Crippen LogP contribution in [-0.2, 0) is 11.2 Å². The number of benzene rings is 2. The lowest BCUT2D eigenvalue weighted by Crippen LogP contribution is -2.41. The molecule has 2 aromatic carbocycles. The summed E-state index contributed by atoms with van der Waals surface area (Å²) in [5.74, 6) is 2.36. The summed E-state index contributed by atoms with van der Waals surface area (Å²) in [5.41, 5.74) is 2.32. The van der Waals surface area contributed by atoms with Gasteiger partial charge >= 0.3 is 0 Å². The van der Waals surface area contributed by atoms with Crippen molar-refractivity contribution < 1.29 is 14.3 Å². The number of aliphatic imine (C=N–C) groups is 1. The molecule has 0 saturated carbocycles. The second-order valence-electron chi connectivity index (χ2n) is 8.11. The van der Waals surface area contributed by atoms with Crippen molar-refractivity contribution in [3.8, 4) is 11.5 Å². The van der Waals surface area contributed by atoms with Gasteiger partial charge in [0.1, 0.15) is 6.54 Å². The summed E-state index contributed by atoms with van der Waals surface area (Å²) in [6.45, 7) is 5.05. The molecule has 2 unspecified atom stereocenters. The quantitative estimate of drug-likeness (QED) is 0.259. The molecule has 1 amide bonds. The number of rotatable bonds is 10. The van der Waals surface area contributed by atoms with Crippen molar-refractivity contribution in [3.05, 3.63) is 59.7 Å². The molecule has 0 aliphatic carbocycles. The lowest BCUT2D eigenvalue weighted by atomic mass is 10.0. The van der Waals surface area contributed by atoms with Gasteiger partial charge in [0.2, 0.25) is 5.91 Å². The Morgan fingerprint density at radius 1 is 1.03 bits per heavy atom. The van der Waals surface area contributed by atoms with Crippen molar-refractivity contribution in [2.45, 2.75) is 26.3 Å². The van der Waals surface area contributed by atoms with Gasteiger partial charge in [0, 0.05) is 20.6 Å². The lowest BCUT2D eigenvalue weighted by Gasteiger charge is -2.21. The summed E-state index contributed by atoms with van der Waals surface area (Å²) < 4.78 is 10.7. The van der Waals surface area contributed by atoms with E-state index in [2.05, 4.69) is 47.7 Å². The fourth-order valence-electron chi connectivity index (χ4n) is 3.22. The number of ether oxygens (including phenoxy) is 2. The summed E-state index contributed by atoms with van der Waals surface area (Å²) in [7, 11) is 6.74. The molecule has 0 saturated heterocycles. The molecule has 182 valence electrons. The van der Waals surface area contributed by atoms with Crippen LogP contribution in [0.4, 0.5) is 0 Å². The highest BCUT2D eigenvalue weighted by molar-refractivity contribution is 14.0. The SMILES string of the molecule is COc1ccc(CC(C)CNC(=NCC(=O)N(C)C)NC(C)c2ccccc2)cc1OC.I. The van der Waals surface area contributed by atoms with Crippen LogP contribution in [0.5, 0.6) is 11.5 Å². The zero-order valence-electron chi connectivity index (χ0n) is 20.4. The standard InChI is InChI=1S/C25H36N4O3.HI/c1-18(14-20-12-13-22(31-5)23(15-20)32-6)16-26-25(27-17-24(30)29(3)4)28-19(2)21-10-8-7-9-11-21;/h7-13,15,18-19H,14,16-17H2,1-6H3,(H2,26,27,28);1H. The Kier molecular flexibility index (Phi) is 12.6. The van der Waals surface area contributed by atoms with E-state index in [1.54, 1.807) is 33.2 Å². The molecule has 0 spiro atoms. The minimum absolute atomic E-state index is 0. The first-order chi connectivity index (χ1) is 15.3. The number of nitrogens with one attached hydrogen (secondary N) is 2. The first kappa shape index (κ1) is 28.5. The minimum Gasteiger partial charge on any atom is -0.493 e. The summed E-state index contributed by atoms with van der Waals surface area (Å²) in [5, 5.41) is 6.81. The molecule has 33 heavy (non-hydrogen) atoms. The van der Waals surface area contributed by atoms with Crippen molar-refractivity contribution in [2.75, 3.05) is 41.4 Å². The smallest absolute Gasteiger partial charge is 0.243 e. The van der Waals surface area contributed by atoms with Crippen LogP contribution in [0.2, 0.25) is 0 Å². The molecule has 2 aromatic rings. The van der Waals surface area contributed by atoms with E-state index in [1.807, 2.05) is 30.3 Å². The van der Waals surface area contributed by atoms with E-state index in [0.29, 0.717) is 18.4 Å². The first-order valence-electron chi connectivity index (χ1n) is 10.8. The Bertz CT molecular complexity index is 890. The zero-order valence-corrected chi connectivity index (χ0v) is 22.8. The van der Waals surface area contributed by atoms with Gasteiger partial charge in [0.25, 0.3) is 0 Å². The third-order valence-corrected chi connectivity index (χ3v) is 5.17. The van der Waals surface area contributed by atoms with E-state index < -0.39 is 0 Å². The van der Waals surface area contributed by atoms with E-state index in [-0.39, 0.29) is 42.5 Å². The molecule has 2 rings (SSSR count). The second-order valence-corrected chi connectivity index (χ2v) is 8.11. The third kappa shape index (κ3) is 9.49. The van der Waals surface area contributed by atoms with Crippen LogP contribution in [-0.4, -0.2) is 58.2 Å². The maximum atomic E-state index is 12.0. The molecule has 0 aliphatic heterocycles. The van der Waals surface area contributed by atoms with Gasteiger partial charge in [-0.3, -0.25) is 4.79 Å². The average molecular weight is 569 g/mol. The van der Waals surface area contributed by atoms with Crippen LogP contribution < -0.4 is 20.1 Å². The molecule has 8 heteroatoms. The highest BCUT2D eigenvalue weighted by atomic mass is 127. The minimum atomic E-state index is -0.0446. The summed E-state index contributed by atoms with van der Waals surface area (Å²) in [6.07, 6.45) is 0.867. The number of methoxy groups -OCH3 is 2. The van der Waals surface area contributed by atoms with Crippen molar-refractivity contribution in [2.24, 2.45) is 10.9 Å². The molecule has 2 N–H and O–H groups in total. The van der Waals surface area contributed by atoms with Gasteiger partial charge in [-0.15, -0.1) is 24.0 Å². The number of hydrogen-bond acceptors (Lipinski definition) is 4. The molecule has 2 atom stereocenters. The van der Waals surface area contributed by atoms with Gasteiger partial charge < -0.3 is 25.0 Å². The Balaban J connectivity index is 0.00000544. The largest absolute Gasteiger partial charge is 0.493 e. The van der Waals surface area contributed by atoms with Gasteiger partial charge in [0.15, 0.2) is 17.5 Å². The van der Waals surface area contributed by atoms with Crippen LogP contribution in [0, 0.1) is 5.92 Å². The molecule has 0 bridgehead atoms. The van der Waals surface area contributed by atoms with Gasteiger partial charge in [-0.2, -0.15) is 0 Å². The molecule has 0 aromatic heterocycles. The van der Waals surface area contributed by atoms with Crippen molar-refractivity contribution in [1.29, 1.82) is 0 Å². The predicted molar refractivity (Wildman–Crippen MR) is 145 cm³/mol. The number of nitrogens with zero attached hydrogens (tertiary/aromatic N) is 2. The number of guanidine groups is 1. The van der Waals surface area contributed by atoms with E-state index in [0.717, 1.165) is 23.5 Å². The Hall–Kier alpha value is -2.49. The first-order valence-corrected chi connectivity index (χ1v) is 10.8. The van der Waals surface area contributed by atoms with Crippen molar-refractivity contribution in [3.63, 3.8) is 0 Å². The normalized spacial score (nSPS) is 12.7. The van der Waals surface area contributed by atoms with Crippen LogP contribution in [0.1, 0.15) is 31.0 Å². The van der Waals surface area contributed by atoms with E-state index in [9.17, 15) is 4.79 Å². The summed E-state index contributed by atoms with van der Waals surface area (Å²) in [4.78, 5) is 18.1. The lowest BCUT2D eigenvalue weighted by molar-refractivity contribution is -0.127. The van der Waals surface area contributed by atoms with Crippen molar-refractivity contribution in [1.82, 2.24) is 15.5 Å². The van der Waals surface area contributed by atoms with E-state index in [1.165, 1.54) is 5.56 Å². The Labute approximate surface area is 215 Å². The Morgan fingerprint density at radius 2 is 1.70 bits per heavy atom. The maximum Gasteiger partial charge on any atom is 0.243 e. The molecule has 7 nitrogen and oxygen atoms in total. The zero-order chi connectivity index (χ0) is 23.5. The number of amides is 1. The predicted octanol–water partition coefficient (Wildman–Crippen LogP) is 3.89. The number of carbonyl (C=O) groups excluding carboxylic acids is 1. The monoisotopic (exact) mass is 568 g/mol.